The first-order chi connectivity index (χ1) is 8.72. The van der Waals surface area contributed by atoms with Crippen LogP contribution in [0.4, 0.5) is 0 Å². The predicted molar refractivity (Wildman–Crippen MR) is 69.2 cm³/mol. The Morgan fingerprint density at radius 1 is 1.37 bits per heavy atom. The van der Waals surface area contributed by atoms with Gasteiger partial charge < -0.3 is 15.2 Å². The predicted octanol–water partition coefficient (Wildman–Crippen LogP) is 1.46. The number of nitrogens with zero attached hydrogens (tertiary/aromatic N) is 1. The summed E-state index contributed by atoms with van der Waals surface area (Å²) in [4.78, 5) is 26.9. The smallest absolute Gasteiger partial charge is 0.328 e. The summed E-state index contributed by atoms with van der Waals surface area (Å²) in [5, 5.41) is 11.3. The highest BCUT2D eigenvalue weighted by Gasteiger charge is 2.29. The Labute approximate surface area is 111 Å². The number of carboxylic acid groups (broad SMARTS) is 1. The first kappa shape index (κ1) is 14.9. The Morgan fingerprint density at radius 2 is 2.00 bits per heavy atom. The summed E-state index contributed by atoms with van der Waals surface area (Å²) in [6, 6.07) is 4.77. The lowest BCUT2D eigenvalue weighted by Crippen LogP contribution is -2.49. The Morgan fingerprint density at radius 3 is 2.53 bits per heavy atom. The molecule has 0 saturated carbocycles. The van der Waals surface area contributed by atoms with Crippen LogP contribution in [0.3, 0.4) is 0 Å². The molecule has 1 aromatic heterocycles. The molecule has 0 fully saturated rings. The van der Waals surface area contributed by atoms with Gasteiger partial charge in [0.15, 0.2) is 0 Å². The van der Waals surface area contributed by atoms with Crippen molar-refractivity contribution in [2.45, 2.75) is 39.3 Å². The second-order valence-corrected chi connectivity index (χ2v) is 4.91. The van der Waals surface area contributed by atoms with Gasteiger partial charge in [-0.3, -0.25) is 4.79 Å². The molecule has 1 aromatic rings. The number of aromatic nitrogens is 1. The van der Waals surface area contributed by atoms with Crippen LogP contribution in [0.5, 0.6) is 5.88 Å². The second kappa shape index (κ2) is 5.69. The van der Waals surface area contributed by atoms with Crippen LogP contribution in [0.2, 0.25) is 0 Å². The monoisotopic (exact) mass is 266 g/mol. The molecule has 0 radical (unpaired) electrons. The van der Waals surface area contributed by atoms with Crippen LogP contribution in [-0.2, 0) is 4.79 Å². The van der Waals surface area contributed by atoms with Gasteiger partial charge in [-0.05, 0) is 33.8 Å². The van der Waals surface area contributed by atoms with Crippen LogP contribution in [0.25, 0.3) is 0 Å². The fraction of sp³-hybridized carbons (Fsp3) is 0.462. The summed E-state index contributed by atoms with van der Waals surface area (Å²) < 4.78 is 5.38. The van der Waals surface area contributed by atoms with Crippen molar-refractivity contribution in [3.8, 4) is 5.88 Å². The fourth-order valence-corrected chi connectivity index (χ4v) is 1.25. The quantitative estimate of drug-likeness (QED) is 0.842. The second-order valence-electron chi connectivity index (χ2n) is 4.91. The van der Waals surface area contributed by atoms with E-state index in [4.69, 9.17) is 9.84 Å². The van der Waals surface area contributed by atoms with E-state index in [1.807, 2.05) is 13.8 Å². The highest BCUT2D eigenvalue weighted by atomic mass is 16.5. The van der Waals surface area contributed by atoms with Gasteiger partial charge in [0.1, 0.15) is 11.2 Å². The third-order valence-electron chi connectivity index (χ3n) is 2.27. The molecule has 0 saturated heterocycles. The van der Waals surface area contributed by atoms with E-state index in [-0.39, 0.29) is 11.8 Å². The molecule has 0 spiro atoms. The molecule has 0 atom stereocenters. The van der Waals surface area contributed by atoms with E-state index in [1.165, 1.54) is 19.9 Å². The van der Waals surface area contributed by atoms with Crippen LogP contribution < -0.4 is 10.1 Å². The van der Waals surface area contributed by atoms with Gasteiger partial charge in [-0.1, -0.05) is 6.07 Å². The fourth-order valence-electron chi connectivity index (χ4n) is 1.25. The zero-order valence-corrected chi connectivity index (χ0v) is 11.4. The molecule has 6 nitrogen and oxygen atoms in total. The van der Waals surface area contributed by atoms with Gasteiger partial charge >= 0.3 is 5.97 Å². The molecule has 1 rings (SSSR count). The van der Waals surface area contributed by atoms with Gasteiger partial charge in [-0.2, -0.15) is 0 Å². The van der Waals surface area contributed by atoms with E-state index >= 15 is 0 Å². The van der Waals surface area contributed by atoms with Gasteiger partial charge in [0.25, 0.3) is 5.91 Å². The maximum Gasteiger partial charge on any atom is 0.328 e. The summed E-state index contributed by atoms with van der Waals surface area (Å²) in [7, 11) is 0. The van der Waals surface area contributed by atoms with E-state index in [2.05, 4.69) is 10.3 Å². The number of carbonyl (C=O) groups is 2. The van der Waals surface area contributed by atoms with Crippen molar-refractivity contribution in [2.75, 3.05) is 0 Å². The summed E-state index contributed by atoms with van der Waals surface area (Å²) in [5.74, 6) is -1.34. The average molecular weight is 266 g/mol. The number of carboxylic acids is 1. The van der Waals surface area contributed by atoms with E-state index < -0.39 is 17.4 Å². The molecule has 0 aliphatic carbocycles. The van der Waals surface area contributed by atoms with Gasteiger partial charge in [-0.25, -0.2) is 9.78 Å². The van der Waals surface area contributed by atoms with Gasteiger partial charge in [0.2, 0.25) is 5.88 Å². The molecule has 0 unspecified atom stereocenters. The minimum absolute atomic E-state index is 0.0544. The minimum atomic E-state index is -1.35. The summed E-state index contributed by atoms with van der Waals surface area (Å²) in [6.45, 7) is 6.51. The first-order valence-corrected chi connectivity index (χ1v) is 5.92. The summed E-state index contributed by atoms with van der Waals surface area (Å²) in [6.07, 6.45) is -0.0544. The number of aliphatic carboxylic acids is 1. The summed E-state index contributed by atoms with van der Waals surface area (Å²) >= 11 is 0. The Balaban J connectivity index is 2.86. The van der Waals surface area contributed by atoms with Crippen LogP contribution in [0.1, 0.15) is 38.2 Å². The van der Waals surface area contributed by atoms with Crippen molar-refractivity contribution in [1.29, 1.82) is 0 Å². The number of pyridine rings is 1. The molecule has 0 aromatic carbocycles. The number of ether oxygens (including phenoxy) is 1. The number of nitrogens with one attached hydrogen (secondary N) is 1. The molecular formula is C13H18N2O4. The first-order valence-electron chi connectivity index (χ1n) is 5.92. The molecule has 6 heteroatoms. The van der Waals surface area contributed by atoms with Gasteiger partial charge in [0, 0.05) is 6.07 Å². The topological polar surface area (TPSA) is 88.5 Å². The van der Waals surface area contributed by atoms with Crippen LogP contribution in [0, 0.1) is 0 Å². The van der Waals surface area contributed by atoms with Crippen molar-refractivity contribution < 1.29 is 19.4 Å². The molecule has 0 aliphatic heterocycles. The molecule has 1 amide bonds. The Hall–Kier alpha value is -2.11. The SMILES string of the molecule is CC(C)Oc1cccc(C(=O)NC(C)(C)C(=O)O)n1. The molecule has 2 N–H and O–H groups in total. The molecular weight excluding hydrogens is 248 g/mol. The third kappa shape index (κ3) is 4.24. The molecule has 104 valence electrons. The standard InChI is InChI=1S/C13H18N2O4/c1-8(2)19-10-7-5-6-9(14-10)11(16)15-13(3,4)12(17)18/h5-8H,1-4H3,(H,15,16)(H,17,18). The molecule has 1 heterocycles. The maximum atomic E-state index is 11.9. The maximum absolute atomic E-state index is 11.9. The van der Waals surface area contributed by atoms with Crippen molar-refractivity contribution in [2.24, 2.45) is 0 Å². The normalized spacial score (nSPS) is 11.2. The zero-order chi connectivity index (χ0) is 14.6. The largest absolute Gasteiger partial charge is 0.480 e. The lowest BCUT2D eigenvalue weighted by molar-refractivity contribution is -0.143. The van der Waals surface area contributed by atoms with Crippen molar-refractivity contribution in [3.63, 3.8) is 0 Å². The zero-order valence-electron chi connectivity index (χ0n) is 11.4. The van der Waals surface area contributed by atoms with Crippen LogP contribution in [0.15, 0.2) is 18.2 Å². The number of rotatable bonds is 5. The van der Waals surface area contributed by atoms with E-state index in [0.717, 1.165) is 0 Å². The highest BCUT2D eigenvalue weighted by Crippen LogP contribution is 2.11. The van der Waals surface area contributed by atoms with E-state index in [1.54, 1.807) is 12.1 Å². The summed E-state index contributed by atoms with van der Waals surface area (Å²) in [5.41, 5.74) is -1.24. The number of hydrogen-bond acceptors (Lipinski definition) is 4. The molecule has 0 bridgehead atoms. The Kier molecular flexibility index (Phi) is 4.47. The number of hydrogen-bond donors (Lipinski definition) is 2. The number of amides is 1. The van der Waals surface area contributed by atoms with Crippen molar-refractivity contribution >= 4 is 11.9 Å². The van der Waals surface area contributed by atoms with E-state index in [0.29, 0.717) is 5.88 Å². The van der Waals surface area contributed by atoms with Crippen molar-refractivity contribution in [3.05, 3.63) is 23.9 Å². The number of carbonyl (C=O) groups excluding carboxylic acids is 1. The van der Waals surface area contributed by atoms with Gasteiger partial charge in [0.05, 0.1) is 6.10 Å². The molecule has 19 heavy (non-hydrogen) atoms. The molecule has 0 aliphatic rings. The lowest BCUT2D eigenvalue weighted by atomic mass is 10.1. The van der Waals surface area contributed by atoms with Crippen LogP contribution in [-0.4, -0.2) is 33.6 Å². The third-order valence-corrected chi connectivity index (χ3v) is 2.27. The highest BCUT2D eigenvalue weighted by molar-refractivity contribution is 5.96. The van der Waals surface area contributed by atoms with Crippen molar-refractivity contribution in [1.82, 2.24) is 10.3 Å². The van der Waals surface area contributed by atoms with E-state index in [9.17, 15) is 9.59 Å². The minimum Gasteiger partial charge on any atom is -0.480 e. The van der Waals surface area contributed by atoms with Crippen LogP contribution >= 0.6 is 0 Å². The van der Waals surface area contributed by atoms with Gasteiger partial charge in [-0.15, -0.1) is 0 Å². The Bertz CT molecular complexity index is 483. The average Bonchev–Trinajstić information content (AvgIpc) is 2.27. The lowest BCUT2D eigenvalue weighted by Gasteiger charge is -2.20.